The Balaban J connectivity index is 1.63. The van der Waals surface area contributed by atoms with E-state index in [0.29, 0.717) is 24.2 Å². The van der Waals surface area contributed by atoms with Gasteiger partial charge in [-0.05, 0) is 18.1 Å². The average Bonchev–Trinajstić information content (AvgIpc) is 3.14. The van der Waals surface area contributed by atoms with Gasteiger partial charge in [0, 0.05) is 18.4 Å². The van der Waals surface area contributed by atoms with E-state index < -0.39 is 0 Å². The lowest BCUT2D eigenvalue weighted by Gasteiger charge is -2.05. The Labute approximate surface area is 127 Å². The summed E-state index contributed by atoms with van der Waals surface area (Å²) in [5.41, 5.74) is 2.75. The fourth-order valence-electron chi connectivity index (χ4n) is 2.34. The van der Waals surface area contributed by atoms with E-state index in [0.717, 1.165) is 16.7 Å². The molecule has 0 saturated carbocycles. The fourth-order valence-corrected chi connectivity index (χ4v) is 2.34. The molecule has 0 unspecified atom stereocenters. The van der Waals surface area contributed by atoms with E-state index in [1.807, 2.05) is 38.1 Å². The molecule has 1 N–H and O–H groups in total. The maximum absolute atomic E-state index is 12.2. The highest BCUT2D eigenvalue weighted by atomic mass is 16.5. The maximum Gasteiger partial charge on any atom is 0.256 e. The molecule has 0 atom stereocenters. The molecule has 6 heteroatoms. The van der Waals surface area contributed by atoms with E-state index in [-0.39, 0.29) is 11.8 Å². The Kier molecular flexibility index (Phi) is 3.91. The monoisotopic (exact) mass is 299 g/mol. The molecule has 0 radical (unpaired) electrons. The summed E-state index contributed by atoms with van der Waals surface area (Å²) in [7, 11) is 0. The van der Waals surface area contributed by atoms with Gasteiger partial charge in [-0.2, -0.15) is 0 Å². The second-order valence-electron chi connectivity index (χ2n) is 5.40. The fraction of sp³-hybridized carbons (Fsp3) is 0.312. The predicted molar refractivity (Wildman–Crippen MR) is 80.6 cm³/mol. The van der Waals surface area contributed by atoms with Crippen LogP contribution in [0.15, 0.2) is 39.6 Å². The third-order valence-corrected chi connectivity index (χ3v) is 3.49. The third kappa shape index (κ3) is 2.72. The van der Waals surface area contributed by atoms with E-state index in [1.165, 1.54) is 6.26 Å². The summed E-state index contributed by atoms with van der Waals surface area (Å²) in [5.74, 6) is -0.0447. The number of amides is 1. The molecule has 0 saturated heterocycles. The lowest BCUT2D eigenvalue weighted by molar-refractivity contribution is 0.0952. The Morgan fingerprint density at radius 2 is 2.09 bits per heavy atom. The van der Waals surface area contributed by atoms with Crippen molar-refractivity contribution in [3.05, 3.63) is 47.5 Å². The molecule has 0 aliphatic heterocycles. The van der Waals surface area contributed by atoms with Crippen LogP contribution in [-0.4, -0.2) is 22.8 Å². The molecule has 3 rings (SSSR count). The van der Waals surface area contributed by atoms with Gasteiger partial charge in [0.2, 0.25) is 0 Å². The highest BCUT2D eigenvalue weighted by Gasteiger charge is 2.18. The second-order valence-corrected chi connectivity index (χ2v) is 5.40. The minimum atomic E-state index is -0.183. The third-order valence-electron chi connectivity index (χ3n) is 3.49. The minimum Gasteiger partial charge on any atom is -0.364 e. The van der Waals surface area contributed by atoms with Gasteiger partial charge in [0.15, 0.2) is 5.58 Å². The SMILES string of the molecule is CC(C)c1nocc1C(=O)NCCc1noc2ccccc12. The van der Waals surface area contributed by atoms with Crippen molar-refractivity contribution < 1.29 is 13.8 Å². The molecule has 3 aromatic rings. The van der Waals surface area contributed by atoms with Gasteiger partial charge in [-0.25, -0.2) is 0 Å². The molecular formula is C16H17N3O3. The highest BCUT2D eigenvalue weighted by Crippen LogP contribution is 2.19. The molecule has 2 heterocycles. The molecule has 1 aromatic carbocycles. The number of hydrogen-bond acceptors (Lipinski definition) is 5. The summed E-state index contributed by atoms with van der Waals surface area (Å²) in [5, 5.41) is 11.8. The summed E-state index contributed by atoms with van der Waals surface area (Å²) in [4.78, 5) is 12.2. The minimum absolute atomic E-state index is 0.138. The largest absolute Gasteiger partial charge is 0.364 e. The van der Waals surface area contributed by atoms with Crippen LogP contribution in [0.2, 0.25) is 0 Å². The molecule has 1 amide bonds. The van der Waals surface area contributed by atoms with Gasteiger partial charge in [0.25, 0.3) is 5.91 Å². The molecule has 0 fully saturated rings. The highest BCUT2D eigenvalue weighted by molar-refractivity contribution is 5.95. The number of para-hydroxylation sites is 1. The summed E-state index contributed by atoms with van der Waals surface area (Å²) >= 11 is 0. The van der Waals surface area contributed by atoms with Gasteiger partial charge in [-0.15, -0.1) is 0 Å². The van der Waals surface area contributed by atoms with Crippen molar-refractivity contribution in [1.82, 2.24) is 15.6 Å². The molecular weight excluding hydrogens is 282 g/mol. The lowest BCUT2D eigenvalue weighted by atomic mass is 10.1. The normalized spacial score (nSPS) is 11.2. The summed E-state index contributed by atoms with van der Waals surface area (Å²) < 4.78 is 10.1. The molecule has 22 heavy (non-hydrogen) atoms. The van der Waals surface area contributed by atoms with Crippen LogP contribution in [0.25, 0.3) is 11.0 Å². The molecule has 0 aliphatic rings. The number of carbonyl (C=O) groups is 1. The van der Waals surface area contributed by atoms with Crippen molar-refractivity contribution in [3.63, 3.8) is 0 Å². The van der Waals surface area contributed by atoms with Gasteiger partial charge in [0.1, 0.15) is 11.8 Å². The van der Waals surface area contributed by atoms with Crippen molar-refractivity contribution in [3.8, 4) is 0 Å². The molecule has 0 bridgehead atoms. The quantitative estimate of drug-likeness (QED) is 0.783. The number of hydrogen-bond donors (Lipinski definition) is 1. The second kappa shape index (κ2) is 6.01. The van der Waals surface area contributed by atoms with Crippen LogP contribution in [0, 0.1) is 0 Å². The summed E-state index contributed by atoms with van der Waals surface area (Å²) in [6.45, 7) is 4.41. The zero-order chi connectivity index (χ0) is 15.5. The molecule has 2 aromatic heterocycles. The van der Waals surface area contributed by atoms with Gasteiger partial charge >= 0.3 is 0 Å². The van der Waals surface area contributed by atoms with Crippen LogP contribution < -0.4 is 5.32 Å². The van der Waals surface area contributed by atoms with Crippen molar-refractivity contribution in [2.45, 2.75) is 26.2 Å². The lowest BCUT2D eigenvalue weighted by Crippen LogP contribution is -2.26. The van der Waals surface area contributed by atoms with Gasteiger partial charge < -0.3 is 14.4 Å². The Morgan fingerprint density at radius 3 is 2.91 bits per heavy atom. The number of rotatable bonds is 5. The Bertz CT molecular complexity index is 789. The van der Waals surface area contributed by atoms with Gasteiger partial charge in [-0.1, -0.05) is 36.3 Å². The van der Waals surface area contributed by atoms with Gasteiger partial charge in [0.05, 0.1) is 11.4 Å². The Morgan fingerprint density at radius 1 is 1.27 bits per heavy atom. The van der Waals surface area contributed by atoms with Crippen LogP contribution in [0.3, 0.4) is 0 Å². The zero-order valence-corrected chi connectivity index (χ0v) is 12.5. The van der Waals surface area contributed by atoms with Crippen molar-refractivity contribution in [1.29, 1.82) is 0 Å². The first kappa shape index (κ1) is 14.3. The summed E-state index contributed by atoms with van der Waals surface area (Å²) in [6.07, 6.45) is 1.99. The summed E-state index contributed by atoms with van der Waals surface area (Å²) in [6, 6.07) is 7.67. The molecule has 0 spiro atoms. The Hall–Kier alpha value is -2.63. The number of nitrogens with zero attached hydrogens (tertiary/aromatic N) is 2. The standard InChI is InChI=1S/C16H17N3O3/c1-10(2)15-12(9-21-19-15)16(20)17-8-7-13-11-5-3-4-6-14(11)22-18-13/h3-6,9-10H,7-8H2,1-2H3,(H,17,20). The first-order valence-corrected chi connectivity index (χ1v) is 7.22. The maximum atomic E-state index is 12.2. The van der Waals surface area contributed by atoms with Crippen LogP contribution >= 0.6 is 0 Å². The number of benzene rings is 1. The van der Waals surface area contributed by atoms with E-state index in [2.05, 4.69) is 15.6 Å². The predicted octanol–water partition coefficient (Wildman–Crippen LogP) is 2.91. The van der Waals surface area contributed by atoms with E-state index in [9.17, 15) is 4.79 Å². The first-order chi connectivity index (χ1) is 10.7. The van der Waals surface area contributed by atoms with Crippen LogP contribution in [0.1, 0.15) is 41.5 Å². The van der Waals surface area contributed by atoms with E-state index in [4.69, 9.17) is 9.05 Å². The molecule has 6 nitrogen and oxygen atoms in total. The molecule has 0 aliphatic carbocycles. The smallest absolute Gasteiger partial charge is 0.256 e. The van der Waals surface area contributed by atoms with Crippen LogP contribution in [0.4, 0.5) is 0 Å². The van der Waals surface area contributed by atoms with Gasteiger partial charge in [-0.3, -0.25) is 4.79 Å². The van der Waals surface area contributed by atoms with Crippen LogP contribution in [0.5, 0.6) is 0 Å². The number of carbonyl (C=O) groups excluding carboxylic acids is 1. The zero-order valence-electron chi connectivity index (χ0n) is 12.5. The number of nitrogens with one attached hydrogen (secondary N) is 1. The average molecular weight is 299 g/mol. The first-order valence-electron chi connectivity index (χ1n) is 7.22. The van der Waals surface area contributed by atoms with Crippen LogP contribution in [-0.2, 0) is 6.42 Å². The topological polar surface area (TPSA) is 81.2 Å². The molecule has 114 valence electrons. The van der Waals surface area contributed by atoms with E-state index >= 15 is 0 Å². The van der Waals surface area contributed by atoms with E-state index in [1.54, 1.807) is 0 Å². The van der Waals surface area contributed by atoms with Crippen molar-refractivity contribution in [2.24, 2.45) is 0 Å². The number of fused-ring (bicyclic) bond motifs is 1. The van der Waals surface area contributed by atoms with Crippen molar-refractivity contribution >= 4 is 16.9 Å². The number of aromatic nitrogens is 2. The van der Waals surface area contributed by atoms with Crippen molar-refractivity contribution in [2.75, 3.05) is 6.54 Å².